The number of benzene rings is 2. The van der Waals surface area contributed by atoms with Gasteiger partial charge in [0.2, 0.25) is 0 Å². The average Bonchev–Trinajstić information content (AvgIpc) is 3.18. The molecule has 2 heterocycles. The van der Waals surface area contributed by atoms with E-state index in [1.807, 2.05) is 67.6 Å². The Labute approximate surface area is 173 Å². The van der Waals surface area contributed by atoms with Crippen LogP contribution in [-0.2, 0) is 6.54 Å². The minimum absolute atomic E-state index is 0.0116. The summed E-state index contributed by atoms with van der Waals surface area (Å²) in [5.74, 6) is 0.241. The number of aromatic nitrogens is 3. The molecule has 0 saturated carbocycles. The lowest BCUT2D eigenvalue weighted by molar-refractivity contribution is 0.102. The number of carbonyl (C=O) groups is 1. The summed E-state index contributed by atoms with van der Waals surface area (Å²) in [6, 6.07) is 20.4. The molecule has 0 aliphatic carbocycles. The molecule has 7 heteroatoms. The predicted octanol–water partition coefficient (Wildman–Crippen LogP) is 4.15. The minimum atomic E-state index is -0.561. The minimum Gasteiger partial charge on any atom is -0.360 e. The van der Waals surface area contributed by atoms with Crippen LogP contribution < -0.4 is 10.9 Å². The van der Waals surface area contributed by atoms with Crippen molar-refractivity contribution in [3.63, 3.8) is 0 Å². The van der Waals surface area contributed by atoms with E-state index in [0.717, 1.165) is 11.1 Å². The molecular weight excluding hydrogens is 380 g/mol. The maximum atomic E-state index is 13.3. The van der Waals surface area contributed by atoms with E-state index in [0.29, 0.717) is 23.6 Å². The highest BCUT2D eigenvalue weighted by Crippen LogP contribution is 2.32. The van der Waals surface area contributed by atoms with Crippen molar-refractivity contribution < 1.29 is 9.32 Å². The smallest absolute Gasteiger partial charge is 0.280 e. The Bertz CT molecular complexity index is 1240. The molecule has 0 saturated heterocycles. The normalized spacial score (nSPS) is 10.7. The second-order valence-electron chi connectivity index (χ2n) is 6.73. The van der Waals surface area contributed by atoms with Crippen molar-refractivity contribution in [2.45, 2.75) is 20.4 Å². The number of hydrogen-bond donors (Lipinski definition) is 1. The predicted molar refractivity (Wildman–Crippen MR) is 114 cm³/mol. The van der Waals surface area contributed by atoms with Gasteiger partial charge in [0.15, 0.2) is 5.82 Å². The lowest BCUT2D eigenvalue weighted by atomic mass is 9.95. The summed E-state index contributed by atoms with van der Waals surface area (Å²) in [7, 11) is 0. The van der Waals surface area contributed by atoms with Crippen LogP contribution in [0.4, 0.5) is 5.82 Å². The third-order valence-electron chi connectivity index (χ3n) is 4.66. The summed E-state index contributed by atoms with van der Waals surface area (Å²) < 4.78 is 6.33. The molecule has 150 valence electrons. The van der Waals surface area contributed by atoms with Gasteiger partial charge in [-0.25, -0.2) is 4.68 Å². The number of amides is 1. The average molecular weight is 400 g/mol. The van der Waals surface area contributed by atoms with Crippen LogP contribution in [-0.4, -0.2) is 20.8 Å². The quantitative estimate of drug-likeness (QED) is 0.544. The lowest BCUT2D eigenvalue weighted by Crippen LogP contribution is -2.32. The van der Waals surface area contributed by atoms with Crippen LogP contribution >= 0.6 is 0 Å². The Hall–Kier alpha value is -4.00. The van der Waals surface area contributed by atoms with Gasteiger partial charge in [0.25, 0.3) is 11.5 Å². The molecule has 0 spiro atoms. The largest absolute Gasteiger partial charge is 0.360 e. The number of nitrogens with zero attached hydrogens (tertiary/aromatic N) is 3. The molecule has 2 aromatic heterocycles. The number of nitrogens with one attached hydrogen (secondary N) is 1. The second-order valence-corrected chi connectivity index (χ2v) is 6.73. The van der Waals surface area contributed by atoms with Gasteiger partial charge in [-0.15, -0.1) is 0 Å². The SMILES string of the molecule is CCn1nc(-c2ccccc2)c(-c2ccccc2)c(C(=O)Nc2cc(C)on2)c1=O. The van der Waals surface area contributed by atoms with Crippen molar-refractivity contribution in [3.05, 3.63) is 88.4 Å². The van der Waals surface area contributed by atoms with Crippen LogP contribution in [0.5, 0.6) is 0 Å². The van der Waals surface area contributed by atoms with E-state index >= 15 is 0 Å². The molecule has 0 atom stereocenters. The van der Waals surface area contributed by atoms with Gasteiger partial charge in [0, 0.05) is 23.7 Å². The Morgan fingerprint density at radius 1 is 1.03 bits per heavy atom. The van der Waals surface area contributed by atoms with Crippen LogP contribution in [0.1, 0.15) is 23.0 Å². The van der Waals surface area contributed by atoms with Crippen molar-refractivity contribution >= 4 is 11.7 Å². The van der Waals surface area contributed by atoms with Crippen LogP contribution in [0.3, 0.4) is 0 Å². The second kappa shape index (κ2) is 8.16. The van der Waals surface area contributed by atoms with Crippen molar-refractivity contribution in [1.82, 2.24) is 14.9 Å². The number of carbonyl (C=O) groups excluding carboxylic acids is 1. The zero-order chi connectivity index (χ0) is 21.1. The topological polar surface area (TPSA) is 90.0 Å². The van der Waals surface area contributed by atoms with Gasteiger partial charge in [-0.2, -0.15) is 5.10 Å². The monoisotopic (exact) mass is 400 g/mol. The molecule has 0 aliphatic rings. The van der Waals surface area contributed by atoms with E-state index in [1.54, 1.807) is 13.0 Å². The van der Waals surface area contributed by atoms with Crippen LogP contribution in [0, 0.1) is 6.92 Å². The Morgan fingerprint density at radius 2 is 1.67 bits per heavy atom. The molecule has 30 heavy (non-hydrogen) atoms. The van der Waals surface area contributed by atoms with Gasteiger partial charge in [0.1, 0.15) is 11.3 Å². The first-order valence-electron chi connectivity index (χ1n) is 9.59. The number of anilines is 1. The van der Waals surface area contributed by atoms with Crippen LogP contribution in [0.15, 0.2) is 76.0 Å². The maximum absolute atomic E-state index is 13.3. The molecule has 4 rings (SSSR count). The van der Waals surface area contributed by atoms with Gasteiger partial charge in [0.05, 0.1) is 5.69 Å². The summed E-state index contributed by atoms with van der Waals surface area (Å²) in [5, 5.41) is 11.1. The number of aryl methyl sites for hydroxylation is 2. The van der Waals surface area contributed by atoms with E-state index in [9.17, 15) is 9.59 Å². The number of hydrogen-bond acceptors (Lipinski definition) is 5. The van der Waals surface area contributed by atoms with E-state index in [1.165, 1.54) is 4.68 Å². The Balaban J connectivity index is 1.99. The molecule has 0 aliphatic heterocycles. The van der Waals surface area contributed by atoms with Gasteiger partial charge >= 0.3 is 0 Å². The van der Waals surface area contributed by atoms with Crippen molar-refractivity contribution in [1.29, 1.82) is 0 Å². The highest BCUT2D eigenvalue weighted by molar-refractivity contribution is 6.10. The molecule has 7 nitrogen and oxygen atoms in total. The zero-order valence-corrected chi connectivity index (χ0v) is 16.6. The van der Waals surface area contributed by atoms with Crippen LogP contribution in [0.2, 0.25) is 0 Å². The van der Waals surface area contributed by atoms with Crippen molar-refractivity contribution in [3.8, 4) is 22.4 Å². The summed E-state index contributed by atoms with van der Waals surface area (Å²) in [5.41, 5.74) is 2.13. The first kappa shape index (κ1) is 19.3. The van der Waals surface area contributed by atoms with E-state index in [2.05, 4.69) is 15.6 Å². The zero-order valence-electron chi connectivity index (χ0n) is 16.6. The lowest BCUT2D eigenvalue weighted by Gasteiger charge is -2.16. The molecule has 4 aromatic rings. The summed E-state index contributed by atoms with van der Waals surface area (Å²) >= 11 is 0. The molecule has 0 unspecified atom stereocenters. The Kier molecular flexibility index (Phi) is 5.26. The molecule has 2 aromatic carbocycles. The van der Waals surface area contributed by atoms with Gasteiger partial charge < -0.3 is 9.84 Å². The molecular formula is C23H20N4O3. The summed E-state index contributed by atoms with van der Waals surface area (Å²) in [4.78, 5) is 26.5. The van der Waals surface area contributed by atoms with Gasteiger partial charge in [-0.05, 0) is 19.4 Å². The van der Waals surface area contributed by atoms with Crippen molar-refractivity contribution in [2.75, 3.05) is 5.32 Å². The highest BCUT2D eigenvalue weighted by Gasteiger charge is 2.25. The fourth-order valence-corrected chi connectivity index (χ4v) is 3.28. The highest BCUT2D eigenvalue weighted by atomic mass is 16.5. The van der Waals surface area contributed by atoms with Crippen molar-refractivity contribution in [2.24, 2.45) is 0 Å². The van der Waals surface area contributed by atoms with Gasteiger partial charge in [-0.3, -0.25) is 9.59 Å². The van der Waals surface area contributed by atoms with E-state index < -0.39 is 11.5 Å². The molecule has 0 fully saturated rings. The van der Waals surface area contributed by atoms with E-state index in [-0.39, 0.29) is 11.4 Å². The van der Waals surface area contributed by atoms with E-state index in [4.69, 9.17) is 4.52 Å². The summed E-state index contributed by atoms with van der Waals surface area (Å²) in [6.07, 6.45) is 0. The molecule has 0 bridgehead atoms. The molecule has 0 radical (unpaired) electrons. The first-order valence-corrected chi connectivity index (χ1v) is 9.59. The summed E-state index contributed by atoms with van der Waals surface area (Å²) in [6.45, 7) is 3.87. The Morgan fingerprint density at radius 3 is 2.23 bits per heavy atom. The third-order valence-corrected chi connectivity index (χ3v) is 4.66. The van der Waals surface area contributed by atoms with Crippen LogP contribution in [0.25, 0.3) is 22.4 Å². The molecule has 1 amide bonds. The fraction of sp³-hybridized carbons (Fsp3) is 0.130. The third kappa shape index (κ3) is 3.65. The number of rotatable bonds is 5. The fourth-order valence-electron chi connectivity index (χ4n) is 3.28. The first-order chi connectivity index (χ1) is 14.6. The standard InChI is InChI=1S/C23H20N4O3/c1-3-27-23(29)20(22(28)24-18-14-15(2)30-26-18)19(16-10-6-4-7-11-16)21(25-27)17-12-8-5-9-13-17/h4-14H,3H2,1-2H3,(H,24,26,28). The maximum Gasteiger partial charge on any atom is 0.280 e. The molecule has 1 N–H and O–H groups in total. The van der Waals surface area contributed by atoms with Gasteiger partial charge in [-0.1, -0.05) is 65.8 Å².